The van der Waals surface area contributed by atoms with E-state index in [9.17, 15) is 0 Å². The van der Waals surface area contributed by atoms with Gasteiger partial charge < -0.3 is 10.1 Å². The van der Waals surface area contributed by atoms with Crippen molar-refractivity contribution >= 4 is 5.82 Å². The molecule has 0 fully saturated rings. The van der Waals surface area contributed by atoms with E-state index in [2.05, 4.69) is 16.4 Å². The molecule has 1 heterocycles. The first-order chi connectivity index (χ1) is 7.77. The molecule has 1 N–H and O–H groups in total. The Hall–Kier alpha value is -1.60. The van der Waals surface area contributed by atoms with Gasteiger partial charge in [0, 0.05) is 25.5 Å². The molecule has 1 rings (SSSR count). The van der Waals surface area contributed by atoms with Gasteiger partial charge in [-0.1, -0.05) is 0 Å². The molecule has 0 aliphatic rings. The van der Waals surface area contributed by atoms with Gasteiger partial charge in [0.1, 0.15) is 11.9 Å². The number of aryl methyl sites for hydroxylation is 1. The number of pyridine rings is 1. The Morgan fingerprint density at radius 3 is 3.00 bits per heavy atom. The van der Waals surface area contributed by atoms with Crippen LogP contribution >= 0.6 is 0 Å². The van der Waals surface area contributed by atoms with E-state index in [0.29, 0.717) is 11.4 Å². The average Bonchev–Trinajstić information content (AvgIpc) is 2.29. The number of hydrogen-bond donors (Lipinski definition) is 1. The van der Waals surface area contributed by atoms with Crippen molar-refractivity contribution in [3.05, 3.63) is 23.4 Å². The van der Waals surface area contributed by atoms with E-state index >= 15 is 0 Å². The van der Waals surface area contributed by atoms with Gasteiger partial charge >= 0.3 is 0 Å². The number of rotatable bonds is 6. The molecular weight excluding hydrogens is 202 g/mol. The smallest absolute Gasteiger partial charge is 0.144 e. The Kier molecular flexibility index (Phi) is 5.30. The molecule has 1 aromatic rings. The molecule has 0 spiro atoms. The molecule has 0 bridgehead atoms. The molecule has 0 radical (unpaired) electrons. The third-order valence-corrected chi connectivity index (χ3v) is 2.12. The lowest BCUT2D eigenvalue weighted by molar-refractivity contribution is 0.147. The number of anilines is 1. The highest BCUT2D eigenvalue weighted by Crippen LogP contribution is 2.11. The lowest BCUT2D eigenvalue weighted by Gasteiger charge is -2.07. The highest BCUT2D eigenvalue weighted by atomic mass is 16.5. The number of ether oxygens (including phenoxy) is 1. The monoisotopic (exact) mass is 219 g/mol. The molecule has 0 aromatic carbocycles. The van der Waals surface area contributed by atoms with Gasteiger partial charge in [-0.05, 0) is 32.4 Å². The van der Waals surface area contributed by atoms with E-state index in [-0.39, 0.29) is 0 Å². The van der Waals surface area contributed by atoms with Crippen LogP contribution in [0.4, 0.5) is 5.82 Å². The van der Waals surface area contributed by atoms with E-state index in [1.54, 1.807) is 6.07 Å². The summed E-state index contributed by atoms with van der Waals surface area (Å²) in [6.45, 7) is 6.13. The Labute approximate surface area is 96.3 Å². The normalized spacial score (nSPS) is 9.81. The minimum atomic E-state index is 0.585. The fourth-order valence-corrected chi connectivity index (χ4v) is 1.31. The van der Waals surface area contributed by atoms with Crippen molar-refractivity contribution in [2.75, 3.05) is 25.1 Å². The van der Waals surface area contributed by atoms with Crippen LogP contribution in [-0.2, 0) is 4.74 Å². The van der Waals surface area contributed by atoms with Gasteiger partial charge in [0.15, 0.2) is 0 Å². The summed E-state index contributed by atoms with van der Waals surface area (Å²) >= 11 is 0. The summed E-state index contributed by atoms with van der Waals surface area (Å²) < 4.78 is 5.23. The highest BCUT2D eigenvalue weighted by Gasteiger charge is 2.02. The Bertz CT molecular complexity index is 371. The van der Waals surface area contributed by atoms with Crippen LogP contribution in [0.1, 0.15) is 24.6 Å². The van der Waals surface area contributed by atoms with E-state index in [4.69, 9.17) is 10.00 Å². The Morgan fingerprint density at radius 1 is 1.50 bits per heavy atom. The molecule has 0 amide bonds. The minimum absolute atomic E-state index is 0.585. The SMILES string of the molecule is CCOCCCNc1nc(C)ccc1C#N. The molecular formula is C12H17N3O. The number of nitrogens with one attached hydrogen (secondary N) is 1. The summed E-state index contributed by atoms with van der Waals surface area (Å²) in [5, 5.41) is 12.0. The number of nitrogens with zero attached hydrogens (tertiary/aromatic N) is 2. The topological polar surface area (TPSA) is 57.9 Å². The van der Waals surface area contributed by atoms with Gasteiger partial charge in [-0.2, -0.15) is 5.26 Å². The fourth-order valence-electron chi connectivity index (χ4n) is 1.31. The number of hydrogen-bond acceptors (Lipinski definition) is 4. The van der Waals surface area contributed by atoms with Crippen molar-refractivity contribution in [3.63, 3.8) is 0 Å². The van der Waals surface area contributed by atoms with E-state index in [1.165, 1.54) is 0 Å². The molecule has 4 nitrogen and oxygen atoms in total. The largest absolute Gasteiger partial charge is 0.382 e. The molecule has 0 unspecified atom stereocenters. The van der Waals surface area contributed by atoms with Crippen LogP contribution in [0.3, 0.4) is 0 Å². The van der Waals surface area contributed by atoms with Crippen molar-refractivity contribution in [1.82, 2.24) is 4.98 Å². The van der Waals surface area contributed by atoms with Gasteiger partial charge in [0.05, 0.1) is 5.56 Å². The van der Waals surface area contributed by atoms with Crippen LogP contribution in [0.15, 0.2) is 12.1 Å². The zero-order chi connectivity index (χ0) is 11.8. The van der Waals surface area contributed by atoms with Gasteiger partial charge in [0.2, 0.25) is 0 Å². The predicted octanol–water partition coefficient (Wildman–Crippen LogP) is 2.10. The fraction of sp³-hybridized carbons (Fsp3) is 0.500. The second-order valence-electron chi connectivity index (χ2n) is 3.44. The molecule has 0 saturated heterocycles. The lowest BCUT2D eigenvalue weighted by Crippen LogP contribution is -2.08. The zero-order valence-corrected chi connectivity index (χ0v) is 9.79. The van der Waals surface area contributed by atoms with Crippen molar-refractivity contribution < 1.29 is 4.74 Å². The van der Waals surface area contributed by atoms with Crippen LogP contribution in [0.5, 0.6) is 0 Å². The first-order valence-corrected chi connectivity index (χ1v) is 5.47. The Balaban J connectivity index is 2.46. The van der Waals surface area contributed by atoms with Gasteiger partial charge in [0.25, 0.3) is 0 Å². The van der Waals surface area contributed by atoms with E-state index in [0.717, 1.165) is 31.9 Å². The van der Waals surface area contributed by atoms with Crippen LogP contribution in [0, 0.1) is 18.3 Å². The molecule has 4 heteroatoms. The summed E-state index contributed by atoms with van der Waals surface area (Å²) in [5.74, 6) is 0.666. The lowest BCUT2D eigenvalue weighted by atomic mass is 10.2. The van der Waals surface area contributed by atoms with Gasteiger partial charge in [-0.25, -0.2) is 4.98 Å². The van der Waals surface area contributed by atoms with Gasteiger partial charge in [-0.15, -0.1) is 0 Å². The zero-order valence-electron chi connectivity index (χ0n) is 9.79. The third-order valence-electron chi connectivity index (χ3n) is 2.12. The van der Waals surface area contributed by atoms with Crippen LogP contribution < -0.4 is 5.32 Å². The summed E-state index contributed by atoms with van der Waals surface area (Å²) in [6, 6.07) is 5.74. The number of aromatic nitrogens is 1. The summed E-state index contributed by atoms with van der Waals surface area (Å²) in [7, 11) is 0. The third kappa shape index (κ3) is 3.87. The molecule has 0 saturated carbocycles. The quantitative estimate of drug-likeness (QED) is 0.744. The minimum Gasteiger partial charge on any atom is -0.382 e. The summed E-state index contributed by atoms with van der Waals surface area (Å²) in [6.07, 6.45) is 0.911. The van der Waals surface area contributed by atoms with Crippen molar-refractivity contribution in [2.24, 2.45) is 0 Å². The Morgan fingerprint density at radius 2 is 2.31 bits per heavy atom. The van der Waals surface area contributed by atoms with Crippen LogP contribution in [-0.4, -0.2) is 24.7 Å². The van der Waals surface area contributed by atoms with Crippen LogP contribution in [0.25, 0.3) is 0 Å². The predicted molar refractivity (Wildman–Crippen MR) is 63.3 cm³/mol. The molecule has 0 atom stereocenters. The summed E-state index contributed by atoms with van der Waals surface area (Å²) in [5.41, 5.74) is 1.49. The van der Waals surface area contributed by atoms with Crippen molar-refractivity contribution in [3.8, 4) is 6.07 Å². The maximum atomic E-state index is 8.90. The molecule has 0 aliphatic carbocycles. The standard InChI is InChI=1S/C12H17N3O/c1-3-16-8-4-7-14-12-11(9-13)6-5-10(2)15-12/h5-6H,3-4,7-8H2,1-2H3,(H,14,15). The number of nitriles is 1. The molecule has 0 aliphatic heterocycles. The first kappa shape index (κ1) is 12.5. The first-order valence-electron chi connectivity index (χ1n) is 5.47. The maximum Gasteiger partial charge on any atom is 0.144 e. The van der Waals surface area contributed by atoms with Crippen molar-refractivity contribution in [1.29, 1.82) is 5.26 Å². The van der Waals surface area contributed by atoms with Crippen molar-refractivity contribution in [2.45, 2.75) is 20.3 Å². The summed E-state index contributed by atoms with van der Waals surface area (Å²) in [4.78, 5) is 4.29. The van der Waals surface area contributed by atoms with Crippen LogP contribution in [0.2, 0.25) is 0 Å². The van der Waals surface area contributed by atoms with E-state index in [1.807, 2.05) is 19.9 Å². The van der Waals surface area contributed by atoms with E-state index < -0.39 is 0 Å². The second-order valence-corrected chi connectivity index (χ2v) is 3.44. The maximum absolute atomic E-state index is 8.90. The molecule has 86 valence electrons. The average molecular weight is 219 g/mol. The molecule has 16 heavy (non-hydrogen) atoms. The second kappa shape index (κ2) is 6.81. The molecule has 1 aromatic heterocycles. The van der Waals surface area contributed by atoms with Gasteiger partial charge in [-0.3, -0.25) is 0 Å². The highest BCUT2D eigenvalue weighted by molar-refractivity contribution is 5.52.